The Hall–Kier alpha value is -2.80. The molecule has 0 aromatic heterocycles. The summed E-state index contributed by atoms with van der Waals surface area (Å²) in [5.41, 5.74) is 2.28. The van der Waals surface area contributed by atoms with E-state index in [4.69, 9.17) is 0 Å². The van der Waals surface area contributed by atoms with Gasteiger partial charge in [0.25, 0.3) is 5.91 Å². The van der Waals surface area contributed by atoms with Gasteiger partial charge in [0.05, 0.1) is 0 Å². The standard InChI is InChI=1S/C23H25N3O3S/c1-15-5-6-16(2)19(13-15)30-18-9-7-17(8-10-18)24-20(27)14-26-21(28)23(25-22(26)29)11-3-4-12-23/h5-10,13H,3-4,11-12,14H2,1-2H3,(H,24,27)(H,25,29). The Morgan fingerprint density at radius 1 is 1.10 bits per heavy atom. The smallest absolute Gasteiger partial charge is 0.325 e. The first kappa shape index (κ1) is 20.5. The van der Waals surface area contributed by atoms with E-state index in [1.807, 2.05) is 24.3 Å². The van der Waals surface area contributed by atoms with Crippen LogP contribution in [0.3, 0.4) is 0 Å². The number of aryl methyl sites for hydroxylation is 2. The van der Waals surface area contributed by atoms with Gasteiger partial charge in [-0.2, -0.15) is 0 Å². The van der Waals surface area contributed by atoms with E-state index >= 15 is 0 Å². The molecule has 1 aliphatic carbocycles. The lowest BCUT2D eigenvalue weighted by Gasteiger charge is -2.19. The number of rotatable bonds is 5. The van der Waals surface area contributed by atoms with Gasteiger partial charge in [0.15, 0.2) is 0 Å². The molecule has 30 heavy (non-hydrogen) atoms. The van der Waals surface area contributed by atoms with E-state index in [1.54, 1.807) is 11.8 Å². The fourth-order valence-electron chi connectivity index (χ4n) is 4.03. The zero-order chi connectivity index (χ0) is 21.3. The third kappa shape index (κ3) is 4.07. The molecule has 0 bridgehead atoms. The molecule has 1 saturated carbocycles. The maximum atomic E-state index is 12.7. The van der Waals surface area contributed by atoms with E-state index in [-0.39, 0.29) is 18.4 Å². The van der Waals surface area contributed by atoms with Gasteiger partial charge in [0.2, 0.25) is 5.91 Å². The molecule has 6 nitrogen and oxygen atoms in total. The summed E-state index contributed by atoms with van der Waals surface area (Å²) in [4.78, 5) is 40.6. The predicted molar refractivity (Wildman–Crippen MR) is 117 cm³/mol. The Morgan fingerprint density at radius 3 is 2.50 bits per heavy atom. The number of hydrogen-bond donors (Lipinski definition) is 2. The number of urea groups is 1. The summed E-state index contributed by atoms with van der Waals surface area (Å²) in [5.74, 6) is -0.663. The van der Waals surface area contributed by atoms with Crippen LogP contribution in [-0.2, 0) is 9.59 Å². The summed E-state index contributed by atoms with van der Waals surface area (Å²) >= 11 is 1.67. The highest BCUT2D eigenvalue weighted by Gasteiger charge is 2.52. The van der Waals surface area contributed by atoms with Crippen LogP contribution in [0.25, 0.3) is 0 Å². The first-order valence-corrected chi connectivity index (χ1v) is 11.0. The van der Waals surface area contributed by atoms with Crippen molar-refractivity contribution in [2.24, 2.45) is 0 Å². The molecule has 4 rings (SSSR count). The van der Waals surface area contributed by atoms with Crippen LogP contribution < -0.4 is 10.6 Å². The zero-order valence-electron chi connectivity index (χ0n) is 17.2. The molecule has 1 aliphatic heterocycles. The third-order valence-electron chi connectivity index (χ3n) is 5.71. The molecule has 2 N–H and O–H groups in total. The van der Waals surface area contributed by atoms with Gasteiger partial charge in [0.1, 0.15) is 12.1 Å². The van der Waals surface area contributed by atoms with Crippen molar-refractivity contribution in [3.8, 4) is 0 Å². The number of amides is 4. The van der Waals surface area contributed by atoms with Crippen LogP contribution in [0.2, 0.25) is 0 Å². The number of carbonyl (C=O) groups excluding carboxylic acids is 3. The number of anilines is 1. The van der Waals surface area contributed by atoms with E-state index in [9.17, 15) is 14.4 Å². The third-order valence-corrected chi connectivity index (χ3v) is 6.88. The Morgan fingerprint density at radius 2 is 1.80 bits per heavy atom. The highest BCUT2D eigenvalue weighted by Crippen LogP contribution is 2.35. The van der Waals surface area contributed by atoms with Gasteiger partial charge in [-0.05, 0) is 68.1 Å². The fraction of sp³-hybridized carbons (Fsp3) is 0.348. The molecule has 1 heterocycles. The van der Waals surface area contributed by atoms with Crippen molar-refractivity contribution in [3.63, 3.8) is 0 Å². The van der Waals surface area contributed by atoms with Crippen molar-refractivity contribution in [1.29, 1.82) is 0 Å². The van der Waals surface area contributed by atoms with Gasteiger partial charge in [-0.1, -0.05) is 36.7 Å². The fourth-order valence-corrected chi connectivity index (χ4v) is 5.03. The lowest BCUT2D eigenvalue weighted by atomic mass is 9.98. The Balaban J connectivity index is 1.36. The molecule has 156 valence electrons. The number of imide groups is 1. The molecular weight excluding hydrogens is 398 g/mol. The molecule has 1 saturated heterocycles. The van der Waals surface area contributed by atoms with Gasteiger partial charge in [-0.25, -0.2) is 4.79 Å². The highest BCUT2D eigenvalue weighted by atomic mass is 32.2. The van der Waals surface area contributed by atoms with Gasteiger partial charge in [0, 0.05) is 15.5 Å². The molecule has 7 heteroatoms. The molecule has 2 aromatic carbocycles. The molecule has 1 spiro atoms. The maximum absolute atomic E-state index is 12.7. The minimum atomic E-state index is -0.788. The van der Waals surface area contributed by atoms with Crippen molar-refractivity contribution >= 4 is 35.3 Å². The van der Waals surface area contributed by atoms with Crippen molar-refractivity contribution in [2.45, 2.75) is 54.9 Å². The van der Waals surface area contributed by atoms with Crippen molar-refractivity contribution in [1.82, 2.24) is 10.2 Å². The van der Waals surface area contributed by atoms with Crippen LogP contribution in [0, 0.1) is 13.8 Å². The topological polar surface area (TPSA) is 78.5 Å². The van der Waals surface area contributed by atoms with Crippen molar-refractivity contribution in [2.75, 3.05) is 11.9 Å². The summed E-state index contributed by atoms with van der Waals surface area (Å²) in [6.07, 6.45) is 3.13. The summed E-state index contributed by atoms with van der Waals surface area (Å²) in [7, 11) is 0. The summed E-state index contributed by atoms with van der Waals surface area (Å²) in [6.45, 7) is 3.88. The van der Waals surface area contributed by atoms with E-state index < -0.39 is 11.6 Å². The second-order valence-corrected chi connectivity index (χ2v) is 9.17. The van der Waals surface area contributed by atoms with E-state index in [1.165, 1.54) is 16.0 Å². The Labute approximate surface area is 180 Å². The lowest BCUT2D eigenvalue weighted by Crippen LogP contribution is -2.44. The normalized spacial score (nSPS) is 17.5. The van der Waals surface area contributed by atoms with Gasteiger partial charge < -0.3 is 10.6 Å². The van der Waals surface area contributed by atoms with Crippen LogP contribution in [-0.4, -0.2) is 34.8 Å². The number of nitrogens with zero attached hydrogens (tertiary/aromatic N) is 1. The lowest BCUT2D eigenvalue weighted by molar-refractivity contribution is -0.133. The SMILES string of the molecule is Cc1ccc(C)c(Sc2ccc(NC(=O)CN3C(=O)NC4(CCCC4)C3=O)cc2)c1. The first-order chi connectivity index (χ1) is 14.4. The number of hydrogen-bond acceptors (Lipinski definition) is 4. The number of nitrogens with one attached hydrogen (secondary N) is 2. The van der Waals surface area contributed by atoms with Crippen LogP contribution in [0.15, 0.2) is 52.3 Å². The zero-order valence-corrected chi connectivity index (χ0v) is 18.0. The van der Waals surface area contributed by atoms with E-state index in [0.717, 1.165) is 22.6 Å². The minimum Gasteiger partial charge on any atom is -0.325 e. The second kappa shape index (κ2) is 8.14. The Bertz CT molecular complexity index is 997. The highest BCUT2D eigenvalue weighted by molar-refractivity contribution is 7.99. The van der Waals surface area contributed by atoms with Crippen molar-refractivity contribution < 1.29 is 14.4 Å². The molecule has 0 atom stereocenters. The summed E-state index contributed by atoms with van der Waals surface area (Å²) in [6, 6.07) is 13.4. The monoisotopic (exact) mass is 423 g/mol. The quantitative estimate of drug-likeness (QED) is 0.705. The van der Waals surface area contributed by atoms with Crippen LogP contribution in [0.5, 0.6) is 0 Å². The van der Waals surface area contributed by atoms with E-state index in [0.29, 0.717) is 18.5 Å². The molecule has 0 radical (unpaired) electrons. The maximum Gasteiger partial charge on any atom is 0.325 e. The number of benzene rings is 2. The van der Waals surface area contributed by atoms with E-state index in [2.05, 4.69) is 42.7 Å². The average molecular weight is 424 g/mol. The van der Waals surface area contributed by atoms with Crippen molar-refractivity contribution in [3.05, 3.63) is 53.6 Å². The predicted octanol–water partition coefficient (Wildman–Crippen LogP) is 4.26. The van der Waals surface area contributed by atoms with Gasteiger partial charge in [-0.3, -0.25) is 14.5 Å². The molecular formula is C23H25N3O3S. The molecule has 0 unspecified atom stereocenters. The molecule has 2 fully saturated rings. The summed E-state index contributed by atoms with van der Waals surface area (Å²) in [5, 5.41) is 5.57. The largest absolute Gasteiger partial charge is 0.325 e. The van der Waals surface area contributed by atoms with Crippen LogP contribution in [0.4, 0.5) is 10.5 Å². The van der Waals surface area contributed by atoms with Gasteiger partial charge >= 0.3 is 6.03 Å². The molecule has 2 aliphatic rings. The second-order valence-electron chi connectivity index (χ2n) is 8.05. The van der Waals surface area contributed by atoms with Crippen LogP contribution in [0.1, 0.15) is 36.8 Å². The average Bonchev–Trinajstić information content (AvgIpc) is 3.27. The summed E-state index contributed by atoms with van der Waals surface area (Å²) < 4.78 is 0. The number of carbonyl (C=O) groups is 3. The molecule has 4 amide bonds. The van der Waals surface area contributed by atoms with Crippen LogP contribution >= 0.6 is 11.8 Å². The molecule has 2 aromatic rings. The Kier molecular flexibility index (Phi) is 5.56. The first-order valence-electron chi connectivity index (χ1n) is 10.2. The minimum absolute atomic E-state index is 0.272. The van der Waals surface area contributed by atoms with Gasteiger partial charge in [-0.15, -0.1) is 0 Å².